The van der Waals surface area contributed by atoms with Crippen molar-refractivity contribution in [1.82, 2.24) is 14.9 Å². The minimum absolute atomic E-state index is 0.0855. The van der Waals surface area contributed by atoms with E-state index in [1.54, 1.807) is 6.08 Å². The fourth-order valence-electron chi connectivity index (χ4n) is 3.51. The minimum Gasteiger partial charge on any atom is -0.353 e. The molecule has 1 unspecified atom stereocenters. The van der Waals surface area contributed by atoms with Crippen molar-refractivity contribution in [1.29, 1.82) is 0 Å². The van der Waals surface area contributed by atoms with Crippen LogP contribution in [0.25, 0.3) is 27.9 Å². The minimum atomic E-state index is 0.0855. The molecular weight excluding hydrogens is 298 g/mol. The molecule has 0 radical (unpaired) electrons. The van der Waals surface area contributed by atoms with E-state index in [1.165, 1.54) is 11.8 Å². The van der Waals surface area contributed by atoms with Crippen molar-refractivity contribution in [3.63, 3.8) is 0 Å². The molecule has 3 aromatic rings. The number of carbonyl (C=O) groups excluding carboxylic acids is 1. The van der Waals surface area contributed by atoms with Gasteiger partial charge in [0.2, 0.25) is 5.91 Å². The zero-order valence-electron chi connectivity index (χ0n) is 13.8. The molecule has 0 bridgehead atoms. The molecule has 122 valence electrons. The summed E-state index contributed by atoms with van der Waals surface area (Å²) in [6.45, 7) is 3.93. The molecule has 1 amide bonds. The quantitative estimate of drug-likeness (QED) is 0.726. The van der Waals surface area contributed by atoms with Gasteiger partial charge in [-0.1, -0.05) is 25.1 Å². The number of pyridine rings is 1. The average molecular weight is 319 g/mol. The summed E-state index contributed by atoms with van der Waals surface area (Å²) in [5.74, 6) is 0.680. The molecule has 0 saturated carbocycles. The third-order valence-corrected chi connectivity index (χ3v) is 4.78. The summed E-state index contributed by atoms with van der Waals surface area (Å²) in [5, 5.41) is 2.32. The second kappa shape index (κ2) is 6.11. The van der Waals surface area contributed by atoms with Crippen LogP contribution in [0.15, 0.2) is 42.6 Å². The predicted molar refractivity (Wildman–Crippen MR) is 97.6 cm³/mol. The van der Waals surface area contributed by atoms with Crippen LogP contribution in [-0.2, 0) is 4.79 Å². The SMILES string of the molecule is CC1CCCN(C(=O)/C=C/c2cc3c(cn2)[nH]c2ccccc23)C1. The lowest BCUT2D eigenvalue weighted by atomic mass is 10.0. The Kier molecular flexibility index (Phi) is 3.81. The van der Waals surface area contributed by atoms with E-state index in [9.17, 15) is 4.79 Å². The number of carbonyl (C=O) groups is 1. The van der Waals surface area contributed by atoms with E-state index in [4.69, 9.17) is 0 Å². The molecule has 0 spiro atoms. The molecule has 4 rings (SSSR count). The zero-order chi connectivity index (χ0) is 16.5. The molecule has 4 heteroatoms. The van der Waals surface area contributed by atoms with E-state index in [2.05, 4.69) is 29.0 Å². The Balaban J connectivity index is 1.59. The van der Waals surface area contributed by atoms with Gasteiger partial charge in [0, 0.05) is 35.5 Å². The number of likely N-dealkylation sites (tertiary alicyclic amines) is 1. The van der Waals surface area contributed by atoms with Gasteiger partial charge in [-0.2, -0.15) is 0 Å². The topological polar surface area (TPSA) is 49.0 Å². The van der Waals surface area contributed by atoms with E-state index in [1.807, 2.05) is 35.4 Å². The summed E-state index contributed by atoms with van der Waals surface area (Å²) >= 11 is 0. The molecule has 2 aromatic heterocycles. The first kappa shape index (κ1) is 14.9. The molecule has 1 aliphatic heterocycles. The monoisotopic (exact) mass is 319 g/mol. The van der Waals surface area contributed by atoms with Crippen molar-refractivity contribution in [2.24, 2.45) is 5.92 Å². The number of aromatic nitrogens is 2. The van der Waals surface area contributed by atoms with Gasteiger partial charge in [-0.3, -0.25) is 9.78 Å². The maximum atomic E-state index is 12.3. The third-order valence-electron chi connectivity index (χ3n) is 4.78. The van der Waals surface area contributed by atoms with E-state index in [0.29, 0.717) is 5.92 Å². The summed E-state index contributed by atoms with van der Waals surface area (Å²) in [7, 11) is 0. The van der Waals surface area contributed by atoms with Gasteiger partial charge in [0.1, 0.15) is 0 Å². The summed E-state index contributed by atoms with van der Waals surface area (Å²) in [5.41, 5.74) is 2.93. The molecule has 1 saturated heterocycles. The van der Waals surface area contributed by atoms with E-state index >= 15 is 0 Å². The van der Waals surface area contributed by atoms with Crippen LogP contribution < -0.4 is 0 Å². The molecular formula is C20H21N3O. The maximum absolute atomic E-state index is 12.3. The van der Waals surface area contributed by atoms with Crippen LogP contribution in [0.3, 0.4) is 0 Å². The van der Waals surface area contributed by atoms with Gasteiger partial charge < -0.3 is 9.88 Å². The van der Waals surface area contributed by atoms with E-state index in [0.717, 1.165) is 41.6 Å². The van der Waals surface area contributed by atoms with Gasteiger partial charge >= 0.3 is 0 Å². The number of H-pyrrole nitrogens is 1. The molecule has 1 aromatic carbocycles. The summed E-state index contributed by atoms with van der Waals surface area (Å²) in [6, 6.07) is 10.3. The van der Waals surface area contributed by atoms with Gasteiger partial charge in [0.05, 0.1) is 17.4 Å². The van der Waals surface area contributed by atoms with E-state index < -0.39 is 0 Å². The largest absolute Gasteiger partial charge is 0.353 e. The average Bonchev–Trinajstić information content (AvgIpc) is 2.97. The van der Waals surface area contributed by atoms with Crippen LogP contribution in [0.5, 0.6) is 0 Å². The van der Waals surface area contributed by atoms with Crippen LogP contribution in [0.1, 0.15) is 25.5 Å². The molecule has 4 nitrogen and oxygen atoms in total. The summed E-state index contributed by atoms with van der Waals surface area (Å²) < 4.78 is 0. The van der Waals surface area contributed by atoms with Crippen molar-refractivity contribution >= 4 is 33.8 Å². The number of amides is 1. The maximum Gasteiger partial charge on any atom is 0.246 e. The lowest BCUT2D eigenvalue weighted by Crippen LogP contribution is -2.38. The van der Waals surface area contributed by atoms with Crippen molar-refractivity contribution in [3.05, 3.63) is 48.3 Å². The Bertz CT molecular complexity index is 925. The highest BCUT2D eigenvalue weighted by Gasteiger charge is 2.19. The Labute approximate surface area is 141 Å². The van der Waals surface area contributed by atoms with Crippen molar-refractivity contribution < 1.29 is 4.79 Å². The highest BCUT2D eigenvalue weighted by atomic mass is 16.2. The first-order valence-electron chi connectivity index (χ1n) is 8.54. The number of para-hydroxylation sites is 1. The van der Waals surface area contributed by atoms with Crippen LogP contribution in [0.4, 0.5) is 0 Å². The van der Waals surface area contributed by atoms with Gasteiger partial charge in [-0.25, -0.2) is 0 Å². The highest BCUT2D eigenvalue weighted by Crippen LogP contribution is 2.25. The molecule has 3 heterocycles. The van der Waals surface area contributed by atoms with Crippen molar-refractivity contribution in [2.45, 2.75) is 19.8 Å². The number of nitrogens with zero attached hydrogens (tertiary/aromatic N) is 2. The molecule has 1 aliphatic rings. The summed E-state index contributed by atoms with van der Waals surface area (Å²) in [6.07, 6.45) is 7.62. The second-order valence-corrected chi connectivity index (χ2v) is 6.69. The van der Waals surface area contributed by atoms with Gasteiger partial charge in [0.15, 0.2) is 0 Å². The van der Waals surface area contributed by atoms with Crippen LogP contribution >= 0.6 is 0 Å². The lowest BCUT2D eigenvalue weighted by Gasteiger charge is -2.30. The molecule has 24 heavy (non-hydrogen) atoms. The number of fused-ring (bicyclic) bond motifs is 3. The molecule has 1 fully saturated rings. The van der Waals surface area contributed by atoms with Crippen LogP contribution in [-0.4, -0.2) is 33.9 Å². The smallest absolute Gasteiger partial charge is 0.246 e. The Morgan fingerprint density at radius 3 is 3.04 bits per heavy atom. The normalized spacial score (nSPS) is 18.7. The number of hydrogen-bond donors (Lipinski definition) is 1. The fourth-order valence-corrected chi connectivity index (χ4v) is 3.51. The zero-order valence-corrected chi connectivity index (χ0v) is 13.8. The third kappa shape index (κ3) is 2.80. The van der Waals surface area contributed by atoms with Crippen molar-refractivity contribution in [3.8, 4) is 0 Å². The van der Waals surface area contributed by atoms with Crippen LogP contribution in [0, 0.1) is 5.92 Å². The van der Waals surface area contributed by atoms with Gasteiger partial charge in [-0.05, 0) is 37.0 Å². The van der Waals surface area contributed by atoms with Crippen molar-refractivity contribution in [2.75, 3.05) is 13.1 Å². The Morgan fingerprint density at radius 2 is 2.17 bits per heavy atom. The van der Waals surface area contributed by atoms with E-state index in [-0.39, 0.29) is 5.91 Å². The predicted octanol–water partition coefficient (Wildman–Crippen LogP) is 3.99. The number of aromatic amines is 1. The molecule has 1 atom stereocenters. The highest BCUT2D eigenvalue weighted by molar-refractivity contribution is 6.07. The first-order valence-corrected chi connectivity index (χ1v) is 8.54. The van der Waals surface area contributed by atoms with Gasteiger partial charge in [-0.15, -0.1) is 0 Å². The standard InChI is InChI=1S/C20H21N3O/c1-14-5-4-10-23(13-14)20(24)9-8-15-11-17-16-6-2-3-7-18(16)22-19(17)12-21-15/h2-3,6-9,11-12,14,22H,4-5,10,13H2,1H3/b9-8+. The number of rotatable bonds is 2. The number of benzene rings is 1. The Morgan fingerprint density at radius 1 is 1.29 bits per heavy atom. The Hall–Kier alpha value is -2.62. The molecule has 0 aliphatic carbocycles. The number of hydrogen-bond acceptors (Lipinski definition) is 2. The lowest BCUT2D eigenvalue weighted by molar-refractivity contribution is -0.127. The summed E-state index contributed by atoms with van der Waals surface area (Å²) in [4.78, 5) is 22.1. The number of nitrogens with one attached hydrogen (secondary N) is 1. The first-order chi connectivity index (χ1) is 11.7. The molecule has 1 N–H and O–H groups in total. The fraction of sp³-hybridized carbons (Fsp3) is 0.300. The number of piperidine rings is 1. The van der Waals surface area contributed by atoms with Gasteiger partial charge in [0.25, 0.3) is 0 Å². The second-order valence-electron chi connectivity index (χ2n) is 6.69. The van der Waals surface area contributed by atoms with Crippen LogP contribution in [0.2, 0.25) is 0 Å².